The van der Waals surface area contributed by atoms with Crippen LogP contribution in [0.25, 0.3) is 0 Å². The number of hydrogen-bond acceptors (Lipinski definition) is 3. The zero-order valence-electron chi connectivity index (χ0n) is 7.26. The number of carbonyl (C=O) groups excluding carboxylic acids is 2. The number of amides is 1. The van der Waals surface area contributed by atoms with Gasteiger partial charge in [-0.05, 0) is 6.92 Å². The first-order chi connectivity index (χ1) is 5.43. The third-order valence-corrected chi connectivity index (χ3v) is 1.57. The van der Waals surface area contributed by atoms with E-state index in [1.54, 1.807) is 6.92 Å². The molecule has 2 unspecified atom stereocenters. The van der Waals surface area contributed by atoms with Crippen molar-refractivity contribution in [1.29, 1.82) is 0 Å². The van der Waals surface area contributed by atoms with Crippen molar-refractivity contribution in [2.75, 3.05) is 0 Å². The van der Waals surface area contributed by atoms with Crippen LogP contribution in [0.3, 0.4) is 0 Å². The highest BCUT2D eigenvalue weighted by molar-refractivity contribution is 6.21. The van der Waals surface area contributed by atoms with Gasteiger partial charge in [-0.3, -0.25) is 9.59 Å². The van der Waals surface area contributed by atoms with Crippen molar-refractivity contribution in [2.45, 2.75) is 32.4 Å². The third-order valence-electron chi connectivity index (χ3n) is 1.11. The van der Waals surface area contributed by atoms with Crippen LogP contribution in [-0.2, 0) is 14.3 Å². The summed E-state index contributed by atoms with van der Waals surface area (Å²) in [7, 11) is 0. The number of nitrogens with one attached hydrogen (secondary N) is 1. The number of hydrogen-bond donors (Lipinski definition) is 1. The molecule has 0 rings (SSSR count). The Morgan fingerprint density at radius 3 is 2.25 bits per heavy atom. The van der Waals surface area contributed by atoms with Gasteiger partial charge >= 0.3 is 5.97 Å². The smallest absolute Gasteiger partial charge is 0.303 e. The van der Waals surface area contributed by atoms with Crippen LogP contribution in [0.15, 0.2) is 0 Å². The lowest BCUT2D eigenvalue weighted by Crippen LogP contribution is -2.38. The molecule has 0 aliphatic carbocycles. The van der Waals surface area contributed by atoms with Gasteiger partial charge in [0.15, 0.2) is 0 Å². The molecule has 1 amide bonds. The highest BCUT2D eigenvalue weighted by Gasteiger charge is 2.17. The molecule has 0 aliphatic rings. The predicted molar refractivity (Wildman–Crippen MR) is 44.7 cm³/mol. The average Bonchev–Trinajstić information content (AvgIpc) is 1.84. The van der Waals surface area contributed by atoms with Crippen molar-refractivity contribution in [2.24, 2.45) is 0 Å². The van der Waals surface area contributed by atoms with Crippen LogP contribution in [0.5, 0.6) is 0 Å². The van der Waals surface area contributed by atoms with Crippen LogP contribution < -0.4 is 5.32 Å². The fraction of sp³-hybridized carbons (Fsp3) is 0.714. The Morgan fingerprint density at radius 1 is 1.42 bits per heavy atom. The molecule has 0 aromatic heterocycles. The Morgan fingerprint density at radius 2 is 1.92 bits per heavy atom. The minimum absolute atomic E-state index is 0.256. The molecule has 0 aromatic carbocycles. The van der Waals surface area contributed by atoms with Crippen LogP contribution in [0.1, 0.15) is 20.8 Å². The van der Waals surface area contributed by atoms with Crippen molar-refractivity contribution in [3.63, 3.8) is 0 Å². The Labute approximate surface area is 76.2 Å². The quantitative estimate of drug-likeness (QED) is 0.407. The van der Waals surface area contributed by atoms with Gasteiger partial charge in [-0.2, -0.15) is 0 Å². The van der Waals surface area contributed by atoms with Crippen molar-refractivity contribution in [3.05, 3.63) is 0 Å². The zero-order valence-corrected chi connectivity index (χ0v) is 8.01. The van der Waals surface area contributed by atoms with Crippen LogP contribution in [0.2, 0.25) is 0 Å². The molecule has 0 fully saturated rings. The number of carbonyl (C=O) groups is 2. The van der Waals surface area contributed by atoms with Gasteiger partial charge in [0, 0.05) is 13.8 Å². The first-order valence-electron chi connectivity index (χ1n) is 3.52. The Kier molecular flexibility index (Phi) is 4.66. The monoisotopic (exact) mass is 193 g/mol. The molecular weight excluding hydrogens is 182 g/mol. The van der Waals surface area contributed by atoms with E-state index in [9.17, 15) is 9.59 Å². The van der Waals surface area contributed by atoms with Gasteiger partial charge in [0.25, 0.3) is 0 Å². The van der Waals surface area contributed by atoms with Crippen molar-refractivity contribution >= 4 is 23.5 Å². The summed E-state index contributed by atoms with van der Waals surface area (Å²) in [5.41, 5.74) is -0.675. The fourth-order valence-corrected chi connectivity index (χ4v) is 0.838. The summed E-state index contributed by atoms with van der Waals surface area (Å²) < 4.78 is 4.73. The molecule has 2 atom stereocenters. The molecule has 70 valence electrons. The van der Waals surface area contributed by atoms with E-state index in [4.69, 9.17) is 16.3 Å². The molecule has 0 heterocycles. The molecule has 0 aliphatic heterocycles. The summed E-state index contributed by atoms with van der Waals surface area (Å²) in [4.78, 5) is 21.0. The van der Waals surface area contributed by atoms with E-state index >= 15 is 0 Å². The second-order valence-corrected chi connectivity index (χ2v) is 2.89. The topological polar surface area (TPSA) is 55.4 Å². The molecule has 1 N–H and O–H groups in total. The lowest BCUT2D eigenvalue weighted by Gasteiger charge is -2.17. The lowest BCUT2D eigenvalue weighted by atomic mass is 10.4. The molecule has 5 heteroatoms. The molecule has 0 saturated heterocycles. The second kappa shape index (κ2) is 4.98. The summed E-state index contributed by atoms with van der Waals surface area (Å²) in [5, 5.41) is 2.40. The summed E-state index contributed by atoms with van der Waals surface area (Å²) in [6.07, 6.45) is -0.520. The van der Waals surface area contributed by atoms with Gasteiger partial charge < -0.3 is 10.1 Å². The molecule has 0 saturated carbocycles. The van der Waals surface area contributed by atoms with Crippen LogP contribution in [-0.4, -0.2) is 23.5 Å². The minimum atomic E-state index is -0.675. The van der Waals surface area contributed by atoms with E-state index in [0.29, 0.717) is 0 Å². The minimum Gasteiger partial charge on any atom is -0.459 e. The number of alkyl halides is 1. The summed E-state index contributed by atoms with van der Waals surface area (Å²) in [5.74, 6) is -0.674. The second-order valence-electron chi connectivity index (χ2n) is 2.42. The Bertz CT molecular complexity index is 163. The largest absolute Gasteiger partial charge is 0.459 e. The van der Waals surface area contributed by atoms with Crippen LogP contribution in [0.4, 0.5) is 0 Å². The van der Waals surface area contributed by atoms with E-state index in [2.05, 4.69) is 5.32 Å². The maximum atomic E-state index is 10.5. The summed E-state index contributed by atoms with van der Waals surface area (Å²) in [6.45, 7) is 4.23. The number of rotatable bonds is 3. The van der Waals surface area contributed by atoms with Gasteiger partial charge in [0.1, 0.15) is 11.6 Å². The first-order valence-corrected chi connectivity index (χ1v) is 3.95. The van der Waals surface area contributed by atoms with Crippen LogP contribution in [0, 0.1) is 0 Å². The van der Waals surface area contributed by atoms with Crippen molar-refractivity contribution in [1.82, 2.24) is 5.32 Å². The predicted octanol–water partition coefficient (Wildman–Crippen LogP) is 0.639. The normalized spacial score (nSPS) is 14.7. The lowest BCUT2D eigenvalue weighted by molar-refractivity contribution is -0.146. The van der Waals surface area contributed by atoms with Gasteiger partial charge in [0.2, 0.25) is 5.91 Å². The van der Waals surface area contributed by atoms with Gasteiger partial charge in [-0.15, -0.1) is 0 Å². The highest BCUT2D eigenvalue weighted by atomic mass is 35.5. The van der Waals surface area contributed by atoms with E-state index < -0.39 is 17.6 Å². The first kappa shape index (κ1) is 11.2. The molecule has 0 radical (unpaired) electrons. The van der Waals surface area contributed by atoms with E-state index in [1.807, 2.05) is 0 Å². The summed E-state index contributed by atoms with van der Waals surface area (Å²) in [6, 6.07) is 0. The standard InChI is InChI=1S/C7H12ClNO3/c1-4(12-6(3)11)7(8)9-5(2)10/h4,7H,1-3H3,(H,9,10). The fourth-order valence-electron chi connectivity index (χ4n) is 0.633. The molecule has 0 aromatic rings. The highest BCUT2D eigenvalue weighted by Crippen LogP contribution is 2.03. The maximum Gasteiger partial charge on any atom is 0.303 e. The number of esters is 1. The van der Waals surface area contributed by atoms with E-state index in [0.717, 1.165) is 0 Å². The SMILES string of the molecule is CC(=O)NC(Cl)C(C)OC(C)=O. The summed E-state index contributed by atoms with van der Waals surface area (Å²) >= 11 is 5.66. The average molecular weight is 194 g/mol. The molecular formula is C7H12ClNO3. The van der Waals surface area contributed by atoms with E-state index in [-0.39, 0.29) is 5.91 Å². The zero-order chi connectivity index (χ0) is 9.72. The molecule has 0 bridgehead atoms. The van der Waals surface area contributed by atoms with Gasteiger partial charge in [0.05, 0.1) is 0 Å². The number of ether oxygens (including phenoxy) is 1. The number of halogens is 1. The Hall–Kier alpha value is -0.770. The van der Waals surface area contributed by atoms with Crippen molar-refractivity contribution < 1.29 is 14.3 Å². The van der Waals surface area contributed by atoms with E-state index in [1.165, 1.54) is 13.8 Å². The third kappa shape index (κ3) is 4.96. The molecule has 0 spiro atoms. The maximum absolute atomic E-state index is 10.5. The van der Waals surface area contributed by atoms with Gasteiger partial charge in [-0.1, -0.05) is 11.6 Å². The molecule has 4 nitrogen and oxygen atoms in total. The van der Waals surface area contributed by atoms with Crippen LogP contribution >= 0.6 is 11.6 Å². The van der Waals surface area contributed by atoms with Crippen molar-refractivity contribution in [3.8, 4) is 0 Å². The Balaban J connectivity index is 3.83. The molecule has 12 heavy (non-hydrogen) atoms. The van der Waals surface area contributed by atoms with Gasteiger partial charge in [-0.25, -0.2) is 0 Å².